The molecule has 0 spiro atoms. The molecule has 1 rings (SSSR count). The first-order chi connectivity index (χ1) is 7.56. The zero-order valence-corrected chi connectivity index (χ0v) is 9.78. The number of rotatable bonds is 6. The summed E-state index contributed by atoms with van der Waals surface area (Å²) in [6.45, 7) is 2.90. The van der Waals surface area contributed by atoms with E-state index in [-0.39, 0.29) is 6.42 Å². The van der Waals surface area contributed by atoms with Crippen LogP contribution in [0.1, 0.15) is 17.7 Å². The van der Waals surface area contributed by atoms with Crippen LogP contribution in [-0.2, 0) is 18.4 Å². The Kier molecular flexibility index (Phi) is 4.30. The molecule has 0 amide bonds. The number of carboxylic acids is 1. The third-order valence-corrected chi connectivity index (χ3v) is 2.30. The normalized spacial score (nSPS) is 10.4. The summed E-state index contributed by atoms with van der Waals surface area (Å²) in [5.41, 5.74) is 1.86. The standard InChI is InChI=1S/C10H17N3O3/c1-7-8(6-11-5-4-9(14)15)10(16-3)13(2)12-7/h11H,4-6H2,1-3H3,(H,14,15). The molecule has 1 aromatic heterocycles. The summed E-state index contributed by atoms with van der Waals surface area (Å²) in [5, 5.41) is 15.8. The van der Waals surface area contributed by atoms with Gasteiger partial charge in [0.2, 0.25) is 5.88 Å². The number of nitrogens with one attached hydrogen (secondary N) is 1. The molecule has 2 N–H and O–H groups in total. The lowest BCUT2D eigenvalue weighted by Gasteiger charge is -2.05. The molecular formula is C10H17N3O3. The van der Waals surface area contributed by atoms with Crippen molar-refractivity contribution in [2.75, 3.05) is 13.7 Å². The molecule has 0 aromatic carbocycles. The lowest BCUT2D eigenvalue weighted by atomic mass is 10.2. The molecule has 16 heavy (non-hydrogen) atoms. The van der Waals surface area contributed by atoms with Crippen molar-refractivity contribution in [3.05, 3.63) is 11.3 Å². The molecular weight excluding hydrogens is 210 g/mol. The van der Waals surface area contributed by atoms with Crippen molar-refractivity contribution in [1.29, 1.82) is 0 Å². The molecule has 0 atom stereocenters. The van der Waals surface area contributed by atoms with E-state index in [9.17, 15) is 4.79 Å². The highest BCUT2D eigenvalue weighted by atomic mass is 16.5. The van der Waals surface area contributed by atoms with Crippen LogP contribution in [0, 0.1) is 6.92 Å². The molecule has 6 nitrogen and oxygen atoms in total. The van der Waals surface area contributed by atoms with Crippen LogP contribution >= 0.6 is 0 Å². The molecule has 1 heterocycles. The fourth-order valence-corrected chi connectivity index (χ4v) is 1.55. The summed E-state index contributed by atoms with van der Waals surface area (Å²) >= 11 is 0. The van der Waals surface area contributed by atoms with E-state index in [2.05, 4.69) is 10.4 Å². The minimum absolute atomic E-state index is 0.113. The molecule has 0 unspecified atom stereocenters. The molecule has 0 fully saturated rings. The summed E-state index contributed by atoms with van der Waals surface area (Å²) in [6, 6.07) is 0. The number of aromatic nitrogens is 2. The van der Waals surface area contributed by atoms with Crippen LogP contribution in [0.3, 0.4) is 0 Å². The number of hydrogen-bond acceptors (Lipinski definition) is 4. The minimum Gasteiger partial charge on any atom is -0.481 e. The van der Waals surface area contributed by atoms with Gasteiger partial charge in [-0.1, -0.05) is 0 Å². The predicted molar refractivity (Wildman–Crippen MR) is 58.5 cm³/mol. The van der Waals surface area contributed by atoms with Crippen molar-refractivity contribution in [2.45, 2.75) is 19.9 Å². The van der Waals surface area contributed by atoms with Gasteiger partial charge in [0.15, 0.2) is 0 Å². The van der Waals surface area contributed by atoms with Gasteiger partial charge in [-0.05, 0) is 6.92 Å². The highest BCUT2D eigenvalue weighted by Gasteiger charge is 2.12. The largest absolute Gasteiger partial charge is 0.481 e. The number of ether oxygens (including phenoxy) is 1. The fourth-order valence-electron chi connectivity index (χ4n) is 1.55. The Morgan fingerprint density at radius 2 is 2.31 bits per heavy atom. The van der Waals surface area contributed by atoms with Crippen LogP contribution in [0.15, 0.2) is 0 Å². The topological polar surface area (TPSA) is 76.4 Å². The lowest BCUT2D eigenvalue weighted by molar-refractivity contribution is -0.136. The number of carbonyl (C=O) groups is 1. The van der Waals surface area contributed by atoms with Crippen LogP contribution in [-0.4, -0.2) is 34.5 Å². The zero-order chi connectivity index (χ0) is 12.1. The zero-order valence-electron chi connectivity index (χ0n) is 9.78. The Morgan fingerprint density at radius 1 is 1.62 bits per heavy atom. The average molecular weight is 227 g/mol. The maximum absolute atomic E-state index is 10.3. The van der Waals surface area contributed by atoms with Gasteiger partial charge >= 0.3 is 5.97 Å². The second-order valence-corrected chi connectivity index (χ2v) is 3.52. The molecule has 1 aromatic rings. The summed E-state index contributed by atoms with van der Waals surface area (Å²) < 4.78 is 6.89. The van der Waals surface area contributed by atoms with E-state index < -0.39 is 5.97 Å². The van der Waals surface area contributed by atoms with Crippen molar-refractivity contribution in [3.63, 3.8) is 0 Å². The van der Waals surface area contributed by atoms with Crippen molar-refractivity contribution < 1.29 is 14.6 Å². The van der Waals surface area contributed by atoms with Crippen LogP contribution in [0.2, 0.25) is 0 Å². The number of methoxy groups -OCH3 is 1. The van der Waals surface area contributed by atoms with Gasteiger partial charge in [-0.25, -0.2) is 4.68 Å². The molecule has 0 saturated heterocycles. The Morgan fingerprint density at radius 3 is 2.88 bits per heavy atom. The van der Waals surface area contributed by atoms with Gasteiger partial charge < -0.3 is 15.2 Å². The number of aryl methyl sites for hydroxylation is 2. The van der Waals surface area contributed by atoms with Gasteiger partial charge in [0.1, 0.15) is 0 Å². The van der Waals surface area contributed by atoms with E-state index in [1.807, 2.05) is 14.0 Å². The van der Waals surface area contributed by atoms with E-state index in [0.717, 1.165) is 11.3 Å². The number of carboxylic acid groups (broad SMARTS) is 1. The SMILES string of the molecule is COc1c(CNCCC(=O)O)c(C)nn1C. The first-order valence-electron chi connectivity index (χ1n) is 5.05. The summed E-state index contributed by atoms with van der Waals surface area (Å²) in [6.07, 6.45) is 0.113. The van der Waals surface area contributed by atoms with Gasteiger partial charge in [-0.15, -0.1) is 0 Å². The smallest absolute Gasteiger partial charge is 0.304 e. The Labute approximate surface area is 94.2 Å². The van der Waals surface area contributed by atoms with Crippen molar-refractivity contribution in [1.82, 2.24) is 15.1 Å². The maximum atomic E-state index is 10.3. The highest BCUT2D eigenvalue weighted by molar-refractivity contribution is 5.66. The summed E-state index contributed by atoms with van der Waals surface area (Å²) in [4.78, 5) is 10.3. The van der Waals surface area contributed by atoms with Gasteiger partial charge in [0.05, 0.1) is 24.8 Å². The third kappa shape index (κ3) is 2.96. The second kappa shape index (κ2) is 5.50. The van der Waals surface area contributed by atoms with E-state index in [1.54, 1.807) is 11.8 Å². The fraction of sp³-hybridized carbons (Fsp3) is 0.600. The van der Waals surface area contributed by atoms with Crippen LogP contribution in [0.4, 0.5) is 0 Å². The highest BCUT2D eigenvalue weighted by Crippen LogP contribution is 2.20. The third-order valence-electron chi connectivity index (χ3n) is 2.30. The van der Waals surface area contributed by atoms with E-state index in [1.165, 1.54) is 0 Å². The first kappa shape index (κ1) is 12.5. The summed E-state index contributed by atoms with van der Waals surface area (Å²) in [5.74, 6) is -0.0947. The Bertz CT molecular complexity index is 374. The van der Waals surface area contributed by atoms with Crippen LogP contribution in [0.5, 0.6) is 5.88 Å². The van der Waals surface area contributed by atoms with Gasteiger partial charge in [0, 0.05) is 20.1 Å². The first-order valence-corrected chi connectivity index (χ1v) is 5.05. The number of aliphatic carboxylic acids is 1. The predicted octanol–water partition coefficient (Wildman–Crippen LogP) is 0.301. The van der Waals surface area contributed by atoms with Crippen LogP contribution in [0.25, 0.3) is 0 Å². The Hall–Kier alpha value is -1.56. The van der Waals surface area contributed by atoms with Gasteiger partial charge in [-0.3, -0.25) is 4.79 Å². The number of nitrogens with zero attached hydrogens (tertiary/aromatic N) is 2. The molecule has 0 radical (unpaired) electrons. The monoisotopic (exact) mass is 227 g/mol. The van der Waals surface area contributed by atoms with E-state index in [0.29, 0.717) is 19.0 Å². The molecule has 0 aliphatic rings. The molecule has 0 aliphatic heterocycles. The quantitative estimate of drug-likeness (QED) is 0.684. The molecule has 0 aliphatic carbocycles. The van der Waals surface area contributed by atoms with Gasteiger partial charge in [-0.2, -0.15) is 5.10 Å². The van der Waals surface area contributed by atoms with E-state index in [4.69, 9.17) is 9.84 Å². The molecule has 0 saturated carbocycles. The maximum Gasteiger partial charge on any atom is 0.304 e. The average Bonchev–Trinajstić information content (AvgIpc) is 2.47. The van der Waals surface area contributed by atoms with Crippen LogP contribution < -0.4 is 10.1 Å². The molecule has 90 valence electrons. The van der Waals surface area contributed by atoms with Crippen molar-refractivity contribution in [3.8, 4) is 5.88 Å². The summed E-state index contributed by atoms with van der Waals surface area (Å²) in [7, 11) is 3.41. The van der Waals surface area contributed by atoms with Gasteiger partial charge in [0.25, 0.3) is 0 Å². The molecule has 6 heteroatoms. The second-order valence-electron chi connectivity index (χ2n) is 3.52. The molecule has 0 bridgehead atoms. The Balaban J connectivity index is 2.56. The van der Waals surface area contributed by atoms with Crippen molar-refractivity contribution in [2.24, 2.45) is 7.05 Å². The lowest BCUT2D eigenvalue weighted by Crippen LogP contribution is -2.18. The minimum atomic E-state index is -0.803. The number of hydrogen-bond donors (Lipinski definition) is 2. The van der Waals surface area contributed by atoms with Crippen molar-refractivity contribution >= 4 is 5.97 Å². The van der Waals surface area contributed by atoms with E-state index >= 15 is 0 Å².